The Kier molecular flexibility index (Phi) is 4.95. The van der Waals surface area contributed by atoms with Crippen LogP contribution in [0.3, 0.4) is 0 Å². The number of rotatable bonds is 4. The molecule has 2 aromatic carbocycles. The van der Waals surface area contributed by atoms with E-state index in [0.717, 1.165) is 5.56 Å². The van der Waals surface area contributed by atoms with Crippen molar-refractivity contribution in [3.05, 3.63) is 64.7 Å². The first-order chi connectivity index (χ1) is 10.1. The van der Waals surface area contributed by atoms with E-state index < -0.39 is 0 Å². The summed E-state index contributed by atoms with van der Waals surface area (Å²) in [5.74, 6) is -0.279. The van der Waals surface area contributed by atoms with Crippen LogP contribution in [0.4, 0.5) is 5.69 Å². The van der Waals surface area contributed by atoms with Crippen LogP contribution in [0.25, 0.3) is 0 Å². The standard InChI is InChI=1S/C16H15ClN2O2/c1-18-16(21)12-4-8-14(9-5-12)19-15(20)10-11-2-6-13(17)7-3-11/h2-9H,10H2,1H3,(H,18,21)(H,19,20). The topological polar surface area (TPSA) is 58.2 Å². The van der Waals surface area contributed by atoms with Crippen LogP contribution in [0.5, 0.6) is 0 Å². The highest BCUT2D eigenvalue weighted by Crippen LogP contribution is 2.12. The Bertz CT molecular complexity index is 636. The molecule has 0 saturated carbocycles. The van der Waals surface area contributed by atoms with Crippen LogP contribution in [-0.2, 0) is 11.2 Å². The molecule has 0 unspecified atom stereocenters. The second-order valence-corrected chi connectivity index (χ2v) is 4.94. The van der Waals surface area contributed by atoms with Gasteiger partial charge < -0.3 is 10.6 Å². The van der Waals surface area contributed by atoms with Gasteiger partial charge in [-0.15, -0.1) is 0 Å². The smallest absolute Gasteiger partial charge is 0.251 e. The van der Waals surface area contributed by atoms with Crippen LogP contribution < -0.4 is 10.6 Å². The van der Waals surface area contributed by atoms with Crippen LogP contribution in [0.2, 0.25) is 5.02 Å². The van der Waals surface area contributed by atoms with E-state index in [1.54, 1.807) is 43.4 Å². The molecule has 0 aliphatic carbocycles. The molecule has 0 aliphatic rings. The summed E-state index contributed by atoms with van der Waals surface area (Å²) in [5.41, 5.74) is 2.09. The Hall–Kier alpha value is -2.33. The van der Waals surface area contributed by atoms with Crippen LogP contribution in [0, 0.1) is 0 Å². The van der Waals surface area contributed by atoms with Gasteiger partial charge in [0.2, 0.25) is 5.91 Å². The van der Waals surface area contributed by atoms with Crippen molar-refractivity contribution in [1.29, 1.82) is 0 Å². The largest absolute Gasteiger partial charge is 0.355 e. The highest BCUT2D eigenvalue weighted by molar-refractivity contribution is 6.30. The van der Waals surface area contributed by atoms with E-state index >= 15 is 0 Å². The number of carbonyl (C=O) groups excluding carboxylic acids is 2. The predicted octanol–water partition coefficient (Wildman–Crippen LogP) is 2.88. The molecule has 21 heavy (non-hydrogen) atoms. The van der Waals surface area contributed by atoms with E-state index in [9.17, 15) is 9.59 Å². The first-order valence-electron chi connectivity index (χ1n) is 6.45. The lowest BCUT2D eigenvalue weighted by atomic mass is 10.1. The first-order valence-corrected chi connectivity index (χ1v) is 6.83. The molecule has 108 valence electrons. The van der Waals surface area contributed by atoms with Crippen molar-refractivity contribution in [2.24, 2.45) is 0 Å². The van der Waals surface area contributed by atoms with Crippen molar-refractivity contribution >= 4 is 29.1 Å². The normalized spacial score (nSPS) is 10.0. The van der Waals surface area contributed by atoms with Gasteiger partial charge in [-0.2, -0.15) is 0 Å². The van der Waals surface area contributed by atoms with E-state index in [-0.39, 0.29) is 18.2 Å². The summed E-state index contributed by atoms with van der Waals surface area (Å²) in [7, 11) is 1.57. The van der Waals surface area contributed by atoms with Crippen molar-refractivity contribution in [1.82, 2.24) is 5.32 Å². The van der Waals surface area contributed by atoms with E-state index in [1.807, 2.05) is 12.1 Å². The van der Waals surface area contributed by atoms with Crippen LogP contribution >= 0.6 is 11.6 Å². The SMILES string of the molecule is CNC(=O)c1ccc(NC(=O)Cc2ccc(Cl)cc2)cc1. The lowest BCUT2D eigenvalue weighted by Gasteiger charge is -2.06. The molecule has 2 amide bonds. The fraction of sp³-hybridized carbons (Fsp3) is 0.125. The quantitative estimate of drug-likeness (QED) is 0.912. The average Bonchev–Trinajstić information content (AvgIpc) is 2.49. The molecule has 4 nitrogen and oxygen atoms in total. The van der Waals surface area contributed by atoms with Gasteiger partial charge in [0.25, 0.3) is 5.91 Å². The number of carbonyl (C=O) groups is 2. The molecule has 0 saturated heterocycles. The monoisotopic (exact) mass is 302 g/mol. The molecule has 0 aromatic heterocycles. The molecular weight excluding hydrogens is 288 g/mol. The van der Waals surface area contributed by atoms with Crippen molar-refractivity contribution in [3.8, 4) is 0 Å². The minimum atomic E-state index is -0.158. The summed E-state index contributed by atoms with van der Waals surface area (Å²) < 4.78 is 0. The third kappa shape index (κ3) is 4.33. The zero-order valence-electron chi connectivity index (χ0n) is 11.5. The first kappa shape index (κ1) is 15.1. The molecule has 2 rings (SSSR count). The number of nitrogens with one attached hydrogen (secondary N) is 2. The van der Waals surface area contributed by atoms with Gasteiger partial charge in [0.15, 0.2) is 0 Å². The second kappa shape index (κ2) is 6.90. The summed E-state index contributed by atoms with van der Waals surface area (Å²) in [4.78, 5) is 23.3. The lowest BCUT2D eigenvalue weighted by Crippen LogP contribution is -2.18. The number of hydrogen-bond acceptors (Lipinski definition) is 2. The Balaban J connectivity index is 1.96. The summed E-state index contributed by atoms with van der Waals surface area (Å²) in [5, 5.41) is 5.97. The summed E-state index contributed by atoms with van der Waals surface area (Å²) >= 11 is 5.80. The zero-order valence-corrected chi connectivity index (χ0v) is 12.3. The number of halogens is 1. The molecule has 0 aliphatic heterocycles. The Morgan fingerprint density at radius 3 is 2.19 bits per heavy atom. The highest BCUT2D eigenvalue weighted by atomic mass is 35.5. The third-order valence-corrected chi connectivity index (χ3v) is 3.19. The third-order valence-electron chi connectivity index (χ3n) is 2.94. The van der Waals surface area contributed by atoms with Crippen LogP contribution in [-0.4, -0.2) is 18.9 Å². The predicted molar refractivity (Wildman–Crippen MR) is 83.6 cm³/mol. The van der Waals surface area contributed by atoms with Crippen LogP contribution in [0.1, 0.15) is 15.9 Å². The van der Waals surface area contributed by atoms with Gasteiger partial charge in [0.05, 0.1) is 6.42 Å². The number of anilines is 1. The number of benzene rings is 2. The fourth-order valence-corrected chi connectivity index (χ4v) is 1.97. The minimum Gasteiger partial charge on any atom is -0.355 e. The lowest BCUT2D eigenvalue weighted by molar-refractivity contribution is -0.115. The molecule has 0 fully saturated rings. The van der Waals surface area contributed by atoms with E-state index in [2.05, 4.69) is 10.6 Å². The van der Waals surface area contributed by atoms with Crippen molar-refractivity contribution < 1.29 is 9.59 Å². The van der Waals surface area contributed by atoms with E-state index in [4.69, 9.17) is 11.6 Å². The van der Waals surface area contributed by atoms with Gasteiger partial charge in [0, 0.05) is 23.3 Å². The van der Waals surface area contributed by atoms with Gasteiger partial charge >= 0.3 is 0 Å². The Morgan fingerprint density at radius 2 is 1.62 bits per heavy atom. The summed E-state index contributed by atoms with van der Waals surface area (Å²) in [6.07, 6.45) is 0.272. The molecule has 0 heterocycles. The van der Waals surface area contributed by atoms with Gasteiger partial charge in [-0.3, -0.25) is 9.59 Å². The molecule has 0 atom stereocenters. The zero-order chi connectivity index (χ0) is 15.2. The Morgan fingerprint density at radius 1 is 1.00 bits per heavy atom. The van der Waals surface area contributed by atoms with Crippen molar-refractivity contribution in [2.75, 3.05) is 12.4 Å². The van der Waals surface area contributed by atoms with Gasteiger partial charge in [-0.05, 0) is 42.0 Å². The van der Waals surface area contributed by atoms with Crippen molar-refractivity contribution in [2.45, 2.75) is 6.42 Å². The molecule has 2 aromatic rings. The fourth-order valence-electron chi connectivity index (χ4n) is 1.84. The average molecular weight is 303 g/mol. The highest BCUT2D eigenvalue weighted by Gasteiger charge is 2.06. The summed E-state index contributed by atoms with van der Waals surface area (Å²) in [6, 6.07) is 13.9. The van der Waals surface area contributed by atoms with E-state index in [0.29, 0.717) is 16.3 Å². The maximum atomic E-state index is 11.9. The summed E-state index contributed by atoms with van der Waals surface area (Å²) in [6.45, 7) is 0. The van der Waals surface area contributed by atoms with E-state index in [1.165, 1.54) is 0 Å². The van der Waals surface area contributed by atoms with Gasteiger partial charge in [0.1, 0.15) is 0 Å². The molecule has 5 heteroatoms. The molecule has 0 bridgehead atoms. The molecule has 2 N–H and O–H groups in total. The molecule has 0 spiro atoms. The minimum absolute atomic E-state index is 0.120. The molecule has 0 radical (unpaired) electrons. The Labute approximate surface area is 128 Å². The maximum Gasteiger partial charge on any atom is 0.251 e. The second-order valence-electron chi connectivity index (χ2n) is 4.51. The van der Waals surface area contributed by atoms with Crippen LogP contribution in [0.15, 0.2) is 48.5 Å². The van der Waals surface area contributed by atoms with Gasteiger partial charge in [-0.1, -0.05) is 23.7 Å². The van der Waals surface area contributed by atoms with Gasteiger partial charge in [-0.25, -0.2) is 0 Å². The number of amides is 2. The van der Waals surface area contributed by atoms with Crippen molar-refractivity contribution in [3.63, 3.8) is 0 Å². The maximum absolute atomic E-state index is 11.9. The molecular formula is C16H15ClN2O2. The number of hydrogen-bond donors (Lipinski definition) is 2.